The Morgan fingerprint density at radius 2 is 1.79 bits per heavy atom. The number of benzene rings is 1. The molecule has 0 amide bonds. The Balaban J connectivity index is 2.52. The van der Waals surface area contributed by atoms with E-state index in [-0.39, 0.29) is 5.60 Å². The van der Waals surface area contributed by atoms with Crippen molar-refractivity contribution in [1.82, 2.24) is 5.32 Å². The fourth-order valence-electron chi connectivity index (χ4n) is 3.00. The largest absolute Gasteiger partial charge is 0.377 e. The Morgan fingerprint density at radius 3 is 2.26 bits per heavy atom. The molecule has 0 aliphatic heterocycles. The topological polar surface area (TPSA) is 21.3 Å². The molecule has 19 heavy (non-hydrogen) atoms. The lowest BCUT2D eigenvalue weighted by Crippen LogP contribution is -2.50. The number of rotatable bonds is 9. The molecule has 1 atom stereocenters. The van der Waals surface area contributed by atoms with E-state index in [1.807, 2.05) is 14.2 Å². The van der Waals surface area contributed by atoms with Crippen LogP contribution in [-0.2, 0) is 11.2 Å². The molecule has 0 saturated carbocycles. The van der Waals surface area contributed by atoms with E-state index in [0.717, 1.165) is 25.7 Å². The third kappa shape index (κ3) is 4.32. The minimum absolute atomic E-state index is 0.0224. The van der Waals surface area contributed by atoms with Crippen molar-refractivity contribution in [3.05, 3.63) is 35.9 Å². The highest BCUT2D eigenvalue weighted by molar-refractivity contribution is 5.14. The first-order chi connectivity index (χ1) is 9.22. The maximum absolute atomic E-state index is 5.83. The van der Waals surface area contributed by atoms with E-state index in [9.17, 15) is 0 Å². The molecular weight excluding hydrogens is 234 g/mol. The van der Waals surface area contributed by atoms with Gasteiger partial charge >= 0.3 is 0 Å². The maximum Gasteiger partial charge on any atom is 0.0825 e. The number of hydrogen-bond donors (Lipinski definition) is 1. The lowest BCUT2D eigenvalue weighted by atomic mass is 9.85. The van der Waals surface area contributed by atoms with Crippen LogP contribution in [0.25, 0.3) is 0 Å². The van der Waals surface area contributed by atoms with Gasteiger partial charge in [0, 0.05) is 13.2 Å². The van der Waals surface area contributed by atoms with Crippen LogP contribution in [-0.4, -0.2) is 25.8 Å². The summed E-state index contributed by atoms with van der Waals surface area (Å²) in [4.78, 5) is 0. The SMILES string of the molecule is CCC(CC)(OC)C(CCCc1ccccc1)NC. The van der Waals surface area contributed by atoms with Crippen molar-refractivity contribution >= 4 is 0 Å². The lowest BCUT2D eigenvalue weighted by molar-refractivity contribution is -0.0479. The van der Waals surface area contributed by atoms with Crippen LogP contribution in [0.5, 0.6) is 0 Å². The first-order valence-corrected chi connectivity index (χ1v) is 7.48. The van der Waals surface area contributed by atoms with E-state index < -0.39 is 0 Å². The Hall–Kier alpha value is -0.860. The first kappa shape index (κ1) is 16.2. The Morgan fingerprint density at radius 1 is 1.16 bits per heavy atom. The van der Waals surface area contributed by atoms with Crippen molar-refractivity contribution in [3.8, 4) is 0 Å². The summed E-state index contributed by atoms with van der Waals surface area (Å²) in [6.07, 6.45) is 5.60. The van der Waals surface area contributed by atoms with E-state index in [1.165, 1.54) is 12.0 Å². The molecule has 1 unspecified atom stereocenters. The average Bonchev–Trinajstić information content (AvgIpc) is 2.48. The zero-order chi connectivity index (χ0) is 14.1. The zero-order valence-electron chi connectivity index (χ0n) is 12.9. The summed E-state index contributed by atoms with van der Waals surface area (Å²) in [5, 5.41) is 3.46. The smallest absolute Gasteiger partial charge is 0.0825 e. The lowest BCUT2D eigenvalue weighted by Gasteiger charge is -2.38. The van der Waals surface area contributed by atoms with Crippen LogP contribution in [0.2, 0.25) is 0 Å². The van der Waals surface area contributed by atoms with E-state index in [2.05, 4.69) is 49.5 Å². The molecule has 0 aliphatic rings. The van der Waals surface area contributed by atoms with Crippen molar-refractivity contribution in [2.45, 2.75) is 57.6 Å². The Kier molecular flexibility index (Phi) is 7.11. The van der Waals surface area contributed by atoms with Gasteiger partial charge < -0.3 is 10.1 Å². The van der Waals surface area contributed by atoms with Crippen molar-refractivity contribution in [1.29, 1.82) is 0 Å². The number of likely N-dealkylation sites (N-methyl/N-ethyl adjacent to an activating group) is 1. The van der Waals surface area contributed by atoms with E-state index >= 15 is 0 Å². The monoisotopic (exact) mass is 263 g/mol. The van der Waals surface area contributed by atoms with E-state index in [4.69, 9.17) is 4.74 Å². The molecular formula is C17H29NO. The van der Waals surface area contributed by atoms with Crippen molar-refractivity contribution in [2.24, 2.45) is 0 Å². The van der Waals surface area contributed by atoms with E-state index in [0.29, 0.717) is 6.04 Å². The van der Waals surface area contributed by atoms with Crippen molar-refractivity contribution in [3.63, 3.8) is 0 Å². The molecule has 1 rings (SSSR count). The summed E-state index contributed by atoms with van der Waals surface area (Å²) < 4.78 is 5.83. The summed E-state index contributed by atoms with van der Waals surface area (Å²) in [5.41, 5.74) is 1.40. The second-order valence-electron chi connectivity index (χ2n) is 5.20. The third-order valence-corrected chi connectivity index (χ3v) is 4.39. The highest BCUT2D eigenvalue weighted by atomic mass is 16.5. The normalized spacial score (nSPS) is 13.5. The van der Waals surface area contributed by atoms with Gasteiger partial charge in [-0.25, -0.2) is 0 Å². The number of ether oxygens (including phenoxy) is 1. The van der Waals surface area contributed by atoms with E-state index in [1.54, 1.807) is 0 Å². The van der Waals surface area contributed by atoms with Crippen LogP contribution in [0, 0.1) is 0 Å². The van der Waals surface area contributed by atoms with Crippen LogP contribution in [0.3, 0.4) is 0 Å². The van der Waals surface area contributed by atoms with Crippen LogP contribution in [0.4, 0.5) is 0 Å². The zero-order valence-corrected chi connectivity index (χ0v) is 12.9. The molecule has 0 aliphatic carbocycles. The quantitative estimate of drug-likeness (QED) is 0.731. The van der Waals surface area contributed by atoms with Gasteiger partial charge in [0.2, 0.25) is 0 Å². The molecule has 1 aromatic rings. The second-order valence-corrected chi connectivity index (χ2v) is 5.20. The fourth-order valence-corrected chi connectivity index (χ4v) is 3.00. The first-order valence-electron chi connectivity index (χ1n) is 7.48. The number of methoxy groups -OCH3 is 1. The number of hydrogen-bond acceptors (Lipinski definition) is 2. The van der Waals surface area contributed by atoms with Gasteiger partial charge in [0.1, 0.15) is 0 Å². The summed E-state index contributed by atoms with van der Waals surface area (Å²) in [6, 6.07) is 11.1. The molecule has 108 valence electrons. The highest BCUT2D eigenvalue weighted by Crippen LogP contribution is 2.27. The average molecular weight is 263 g/mol. The minimum atomic E-state index is -0.0224. The van der Waals surface area contributed by atoms with Gasteiger partial charge in [0.25, 0.3) is 0 Å². The number of aryl methyl sites for hydroxylation is 1. The predicted octanol–water partition coefficient (Wildman–Crippen LogP) is 3.80. The molecule has 0 spiro atoms. The van der Waals surface area contributed by atoms with Crippen LogP contribution in [0.1, 0.15) is 45.1 Å². The van der Waals surface area contributed by atoms with Gasteiger partial charge in [-0.05, 0) is 44.7 Å². The molecule has 1 aromatic carbocycles. The molecule has 0 aromatic heterocycles. The Labute approximate surface area is 118 Å². The van der Waals surface area contributed by atoms with Gasteiger partial charge in [-0.3, -0.25) is 0 Å². The van der Waals surface area contributed by atoms with Crippen LogP contribution < -0.4 is 5.32 Å². The molecule has 0 saturated heterocycles. The van der Waals surface area contributed by atoms with Crippen LogP contribution in [0.15, 0.2) is 30.3 Å². The van der Waals surface area contributed by atoms with Crippen molar-refractivity contribution in [2.75, 3.05) is 14.2 Å². The van der Waals surface area contributed by atoms with Gasteiger partial charge in [0.15, 0.2) is 0 Å². The molecule has 1 N–H and O–H groups in total. The fraction of sp³-hybridized carbons (Fsp3) is 0.647. The standard InChI is InChI=1S/C17H29NO/c1-5-17(6-2,19-4)16(18-3)14-10-13-15-11-8-7-9-12-15/h7-9,11-12,16,18H,5-6,10,13-14H2,1-4H3. The second kappa shape index (κ2) is 8.34. The summed E-state index contributed by atoms with van der Waals surface area (Å²) >= 11 is 0. The van der Waals surface area contributed by atoms with Gasteiger partial charge in [-0.2, -0.15) is 0 Å². The predicted molar refractivity (Wildman–Crippen MR) is 82.5 cm³/mol. The summed E-state index contributed by atoms with van der Waals surface area (Å²) in [6.45, 7) is 4.43. The molecule has 2 nitrogen and oxygen atoms in total. The minimum Gasteiger partial charge on any atom is -0.377 e. The van der Waals surface area contributed by atoms with Crippen LogP contribution >= 0.6 is 0 Å². The molecule has 0 bridgehead atoms. The number of nitrogens with one attached hydrogen (secondary N) is 1. The maximum atomic E-state index is 5.83. The third-order valence-electron chi connectivity index (χ3n) is 4.39. The highest BCUT2D eigenvalue weighted by Gasteiger charge is 2.34. The van der Waals surface area contributed by atoms with Gasteiger partial charge in [0.05, 0.1) is 5.60 Å². The molecule has 0 radical (unpaired) electrons. The molecule has 0 heterocycles. The Bertz CT molecular complexity index is 324. The summed E-state index contributed by atoms with van der Waals surface area (Å²) in [5.74, 6) is 0. The summed E-state index contributed by atoms with van der Waals surface area (Å²) in [7, 11) is 3.89. The molecule has 0 fully saturated rings. The van der Waals surface area contributed by atoms with Gasteiger partial charge in [-0.15, -0.1) is 0 Å². The molecule has 2 heteroatoms. The van der Waals surface area contributed by atoms with Gasteiger partial charge in [-0.1, -0.05) is 44.2 Å². The van der Waals surface area contributed by atoms with Crippen molar-refractivity contribution < 1.29 is 4.74 Å².